The first-order valence-electron chi connectivity index (χ1n) is 6.14. The maximum atomic E-state index is 4.33. The highest BCUT2D eigenvalue weighted by Gasteiger charge is 2.16. The van der Waals surface area contributed by atoms with Crippen LogP contribution in [0, 0.1) is 0 Å². The van der Waals surface area contributed by atoms with E-state index in [4.69, 9.17) is 0 Å². The molecule has 94 valence electrons. The van der Waals surface area contributed by atoms with Crippen LogP contribution in [-0.2, 0) is 13.1 Å². The number of hydrogen-bond donors (Lipinski definition) is 3. The van der Waals surface area contributed by atoms with Crippen LogP contribution in [0.15, 0.2) is 30.7 Å². The van der Waals surface area contributed by atoms with Crippen LogP contribution in [0.5, 0.6) is 0 Å². The molecular weight excluding hydrogens is 240 g/mol. The van der Waals surface area contributed by atoms with E-state index in [1.54, 1.807) is 6.33 Å². The molecule has 4 rings (SSSR count). The number of fused-ring (bicyclic) bond motifs is 2. The molecule has 3 heterocycles. The van der Waals surface area contributed by atoms with Gasteiger partial charge >= 0.3 is 0 Å². The fourth-order valence-corrected chi connectivity index (χ4v) is 2.36. The summed E-state index contributed by atoms with van der Waals surface area (Å²) in [6, 6.07) is 6.07. The monoisotopic (exact) mass is 252 g/mol. The molecule has 0 fully saturated rings. The van der Waals surface area contributed by atoms with E-state index < -0.39 is 0 Å². The molecule has 0 saturated heterocycles. The Morgan fingerprint density at radius 1 is 1.16 bits per heavy atom. The van der Waals surface area contributed by atoms with Crippen molar-refractivity contribution in [2.45, 2.75) is 13.1 Å². The first-order chi connectivity index (χ1) is 9.40. The lowest BCUT2D eigenvalue weighted by molar-refractivity contribution is 0.758. The minimum absolute atomic E-state index is 0.812. The molecule has 3 aromatic rings. The van der Waals surface area contributed by atoms with Gasteiger partial charge in [-0.05, 0) is 18.2 Å². The Hall–Kier alpha value is -2.47. The molecule has 1 aliphatic heterocycles. The maximum Gasteiger partial charge on any atom is 0.138 e. The van der Waals surface area contributed by atoms with Crippen molar-refractivity contribution in [3.63, 3.8) is 0 Å². The molecule has 6 nitrogen and oxygen atoms in total. The molecule has 0 spiro atoms. The normalized spacial score (nSPS) is 13.7. The average Bonchev–Trinajstić information content (AvgIpc) is 3.06. The number of rotatable bonds is 2. The third-order valence-corrected chi connectivity index (χ3v) is 3.33. The van der Waals surface area contributed by atoms with Crippen molar-refractivity contribution >= 4 is 22.4 Å². The molecule has 0 atom stereocenters. The molecule has 0 saturated carbocycles. The van der Waals surface area contributed by atoms with Gasteiger partial charge in [0.25, 0.3) is 0 Å². The summed E-state index contributed by atoms with van der Waals surface area (Å²) in [7, 11) is 0. The van der Waals surface area contributed by atoms with E-state index in [9.17, 15) is 0 Å². The van der Waals surface area contributed by atoms with Crippen LogP contribution < -0.4 is 10.6 Å². The van der Waals surface area contributed by atoms with Crippen molar-refractivity contribution in [3.8, 4) is 0 Å². The molecule has 0 amide bonds. The lowest BCUT2D eigenvalue weighted by Crippen LogP contribution is -2.02. The van der Waals surface area contributed by atoms with Gasteiger partial charge in [0.15, 0.2) is 0 Å². The van der Waals surface area contributed by atoms with Crippen molar-refractivity contribution in [3.05, 3.63) is 42.0 Å². The van der Waals surface area contributed by atoms with Crippen LogP contribution in [0.1, 0.15) is 11.3 Å². The Morgan fingerprint density at radius 3 is 3.16 bits per heavy atom. The molecule has 2 aromatic heterocycles. The highest BCUT2D eigenvalue weighted by Crippen LogP contribution is 2.25. The number of aromatic amines is 1. The summed E-state index contributed by atoms with van der Waals surface area (Å²) in [4.78, 5) is 8.60. The molecule has 6 heteroatoms. The quantitative estimate of drug-likeness (QED) is 0.647. The highest BCUT2D eigenvalue weighted by atomic mass is 15.1. The average molecular weight is 252 g/mol. The van der Waals surface area contributed by atoms with Gasteiger partial charge in [-0.1, -0.05) is 0 Å². The minimum atomic E-state index is 0.812. The van der Waals surface area contributed by atoms with Gasteiger partial charge in [0.05, 0.1) is 17.4 Å². The predicted octanol–water partition coefficient (Wildman–Crippen LogP) is 1.70. The molecule has 19 heavy (non-hydrogen) atoms. The zero-order valence-corrected chi connectivity index (χ0v) is 10.1. The second-order valence-electron chi connectivity index (χ2n) is 4.55. The summed E-state index contributed by atoms with van der Waals surface area (Å²) in [6.07, 6.45) is 3.41. The van der Waals surface area contributed by atoms with Gasteiger partial charge < -0.3 is 10.6 Å². The molecule has 0 aliphatic carbocycles. The topological polar surface area (TPSA) is 78.5 Å². The van der Waals surface area contributed by atoms with Crippen molar-refractivity contribution in [1.82, 2.24) is 25.5 Å². The molecule has 0 radical (unpaired) electrons. The van der Waals surface area contributed by atoms with E-state index in [0.717, 1.165) is 46.8 Å². The van der Waals surface area contributed by atoms with Crippen LogP contribution >= 0.6 is 0 Å². The Morgan fingerprint density at radius 2 is 2.16 bits per heavy atom. The Labute approximate surface area is 109 Å². The van der Waals surface area contributed by atoms with E-state index >= 15 is 0 Å². The number of H-pyrrole nitrogens is 1. The van der Waals surface area contributed by atoms with Crippen LogP contribution in [0.4, 0.5) is 11.5 Å². The summed E-state index contributed by atoms with van der Waals surface area (Å²) in [5, 5.41) is 14.7. The molecule has 1 aliphatic rings. The van der Waals surface area contributed by atoms with Gasteiger partial charge in [0.2, 0.25) is 0 Å². The van der Waals surface area contributed by atoms with Gasteiger partial charge in [-0.25, -0.2) is 9.97 Å². The van der Waals surface area contributed by atoms with E-state index in [0.29, 0.717) is 0 Å². The summed E-state index contributed by atoms with van der Waals surface area (Å²) >= 11 is 0. The second-order valence-corrected chi connectivity index (χ2v) is 4.55. The van der Waals surface area contributed by atoms with Crippen molar-refractivity contribution < 1.29 is 0 Å². The van der Waals surface area contributed by atoms with Gasteiger partial charge in [-0.2, -0.15) is 5.10 Å². The molecule has 0 bridgehead atoms. The van der Waals surface area contributed by atoms with Gasteiger partial charge in [-0.15, -0.1) is 0 Å². The lowest BCUT2D eigenvalue weighted by atomic mass is 10.2. The van der Waals surface area contributed by atoms with Gasteiger partial charge in [0.1, 0.15) is 12.1 Å². The summed E-state index contributed by atoms with van der Waals surface area (Å²) < 4.78 is 0. The van der Waals surface area contributed by atoms with Crippen LogP contribution in [0.3, 0.4) is 0 Å². The van der Waals surface area contributed by atoms with Crippen molar-refractivity contribution in [2.75, 3.05) is 5.32 Å². The van der Waals surface area contributed by atoms with E-state index in [-0.39, 0.29) is 0 Å². The summed E-state index contributed by atoms with van der Waals surface area (Å²) in [5.74, 6) is 0.873. The second kappa shape index (κ2) is 4.03. The number of nitrogens with zero attached hydrogens (tertiary/aromatic N) is 3. The highest BCUT2D eigenvalue weighted by molar-refractivity contribution is 5.82. The number of nitrogens with one attached hydrogen (secondary N) is 3. The van der Waals surface area contributed by atoms with E-state index in [2.05, 4.69) is 36.9 Å². The largest absolute Gasteiger partial charge is 0.340 e. The smallest absolute Gasteiger partial charge is 0.138 e. The lowest BCUT2D eigenvalue weighted by Gasteiger charge is -2.09. The number of anilines is 2. The van der Waals surface area contributed by atoms with Gasteiger partial charge in [0, 0.05) is 29.7 Å². The first kappa shape index (κ1) is 10.5. The number of hydrogen-bond acceptors (Lipinski definition) is 5. The molecule has 0 unspecified atom stereocenters. The third kappa shape index (κ3) is 1.73. The standard InChI is InChI=1S/C13H12N6/c1-2-11-8(4-17-19-11)3-9(1)18-13-10-5-14-6-12(10)15-7-16-13/h1-4,7,14H,5-6H2,(H,17,19)(H,15,16,18). The predicted molar refractivity (Wildman–Crippen MR) is 72.0 cm³/mol. The first-order valence-corrected chi connectivity index (χ1v) is 6.14. The van der Waals surface area contributed by atoms with Crippen molar-refractivity contribution in [1.29, 1.82) is 0 Å². The molecule has 3 N–H and O–H groups in total. The third-order valence-electron chi connectivity index (χ3n) is 3.33. The maximum absolute atomic E-state index is 4.33. The SMILES string of the molecule is c1nc2c(c(Nc3ccc4[nH]ncc4c3)n1)CNC2. The van der Waals surface area contributed by atoms with Crippen molar-refractivity contribution in [2.24, 2.45) is 0 Å². The Kier molecular flexibility index (Phi) is 2.22. The fraction of sp³-hybridized carbons (Fsp3) is 0.154. The Balaban J connectivity index is 1.73. The van der Waals surface area contributed by atoms with E-state index in [1.165, 1.54) is 0 Å². The molecule has 1 aromatic carbocycles. The number of benzene rings is 1. The zero-order chi connectivity index (χ0) is 12.7. The molecular formula is C13H12N6. The Bertz CT molecular complexity index is 748. The van der Waals surface area contributed by atoms with Crippen LogP contribution in [0.2, 0.25) is 0 Å². The fourth-order valence-electron chi connectivity index (χ4n) is 2.36. The summed E-state index contributed by atoms with van der Waals surface area (Å²) in [5.41, 5.74) is 4.25. The zero-order valence-electron chi connectivity index (χ0n) is 10.1. The summed E-state index contributed by atoms with van der Waals surface area (Å²) in [6.45, 7) is 1.62. The van der Waals surface area contributed by atoms with Crippen LogP contribution in [0.25, 0.3) is 10.9 Å². The number of aromatic nitrogens is 4. The van der Waals surface area contributed by atoms with Crippen LogP contribution in [-0.4, -0.2) is 20.2 Å². The van der Waals surface area contributed by atoms with E-state index in [1.807, 2.05) is 18.3 Å². The van der Waals surface area contributed by atoms with Gasteiger partial charge in [-0.3, -0.25) is 5.10 Å². The minimum Gasteiger partial charge on any atom is -0.340 e.